The number of aryl methyl sites for hydroxylation is 1. The minimum absolute atomic E-state index is 0.0378. The molecule has 14 nitrogen and oxygen atoms in total. The van der Waals surface area contributed by atoms with Crippen LogP contribution < -0.4 is 5.43 Å². The number of esters is 2. The molecule has 388 valence electrons. The minimum Gasteiger partial charge on any atom is -0.465 e. The van der Waals surface area contributed by atoms with Crippen LogP contribution in [0.5, 0.6) is 0 Å². The van der Waals surface area contributed by atoms with Crippen molar-refractivity contribution in [2.24, 2.45) is 29.1 Å². The second kappa shape index (κ2) is 22.2. The summed E-state index contributed by atoms with van der Waals surface area (Å²) in [5.41, 5.74) is 3.03. The molecule has 2 fully saturated rings. The molecule has 8 rings (SSSR count). The maximum atomic E-state index is 13.2. The van der Waals surface area contributed by atoms with E-state index in [1.54, 1.807) is 13.2 Å². The van der Waals surface area contributed by atoms with Crippen LogP contribution in [0, 0.1) is 29.1 Å². The number of carbonyl (C=O) groups excluding carboxylic acids is 2. The van der Waals surface area contributed by atoms with Gasteiger partial charge in [0.05, 0.1) is 43.0 Å². The molecule has 1 aliphatic heterocycles. The highest BCUT2D eigenvalue weighted by atomic mass is 16.7. The molecule has 3 aliphatic carbocycles. The zero-order valence-corrected chi connectivity index (χ0v) is 42.7. The third-order valence-electron chi connectivity index (χ3n) is 15.5. The Bertz CT molecular complexity index is 2740. The lowest BCUT2D eigenvalue weighted by molar-refractivity contribution is -0.320. The van der Waals surface area contributed by atoms with Gasteiger partial charge in [0.25, 0.3) is 0 Å². The Hall–Kier alpha value is -5.03. The maximum Gasteiger partial charge on any atom is 0.303 e. The second-order valence-corrected chi connectivity index (χ2v) is 21.2. The molecule has 13 atom stereocenters. The summed E-state index contributed by atoms with van der Waals surface area (Å²) in [5, 5.41) is 50.4. The standard InChI is InChI=1S/C58H72O14/c1-32(29-67-34(3)59)42-26-48(62)58(7)28-43-39(30-66-8)21-23-40(43)33(2)51(63)54(50(42)58)72-56-53(65)55(69-35(4)60)52(64)47(71-56)31-68-57(5,6)25-13-9-10-14-36-17-19-38(20-18-36)46-27-44(61)49-41-16-12-11-15-37(41)22-24-45(49)70-46/h11-13,15-20,22,24-25,27-28,32-33,39-40,47-48,51-56,62-65H,9-10,14,21,23,26,29-31H2,1-8H3/b25-13+,43-28-/t32-,33-,39-,40+,47?,48+,51-,52?,53?,54-,55?,56?,58+/m1/s1. The van der Waals surface area contributed by atoms with Crippen molar-refractivity contribution < 1.29 is 62.9 Å². The maximum absolute atomic E-state index is 13.2. The Labute approximate surface area is 421 Å². The van der Waals surface area contributed by atoms with E-state index in [-0.39, 0.29) is 48.7 Å². The first-order chi connectivity index (χ1) is 34.3. The smallest absolute Gasteiger partial charge is 0.303 e. The molecule has 1 saturated carbocycles. The topological polar surface area (TPSA) is 201 Å². The zero-order valence-electron chi connectivity index (χ0n) is 42.7. The number of benzene rings is 3. The zero-order chi connectivity index (χ0) is 51.6. The number of hydrogen-bond acceptors (Lipinski definition) is 14. The summed E-state index contributed by atoms with van der Waals surface area (Å²) >= 11 is 0. The Morgan fingerprint density at radius 2 is 1.69 bits per heavy atom. The minimum atomic E-state index is -1.68. The van der Waals surface area contributed by atoms with Gasteiger partial charge >= 0.3 is 11.9 Å². The van der Waals surface area contributed by atoms with Crippen LogP contribution in [0.3, 0.4) is 0 Å². The van der Waals surface area contributed by atoms with Crippen molar-refractivity contribution >= 4 is 33.7 Å². The van der Waals surface area contributed by atoms with Crippen LogP contribution in [-0.4, -0.2) is 114 Å². The molecule has 0 radical (unpaired) electrons. The normalized spacial score (nSPS) is 30.9. The highest BCUT2D eigenvalue weighted by molar-refractivity contribution is 6.05. The van der Waals surface area contributed by atoms with Gasteiger partial charge in [-0.1, -0.05) is 97.8 Å². The average Bonchev–Trinajstić information content (AvgIpc) is 3.85. The lowest BCUT2D eigenvalue weighted by Gasteiger charge is -2.47. The van der Waals surface area contributed by atoms with Crippen LogP contribution in [0.25, 0.3) is 33.1 Å². The summed E-state index contributed by atoms with van der Waals surface area (Å²) in [5.74, 6) is -1.34. The lowest BCUT2D eigenvalue weighted by Crippen LogP contribution is -2.62. The van der Waals surface area contributed by atoms with E-state index in [0.717, 1.165) is 65.1 Å². The van der Waals surface area contributed by atoms with Crippen molar-refractivity contribution in [2.45, 2.75) is 142 Å². The summed E-state index contributed by atoms with van der Waals surface area (Å²) < 4.78 is 42.4. The number of fused-ring (bicyclic) bond motifs is 5. The van der Waals surface area contributed by atoms with Crippen LogP contribution in [0.1, 0.15) is 86.1 Å². The van der Waals surface area contributed by atoms with Crippen molar-refractivity contribution in [2.75, 3.05) is 26.9 Å². The number of allylic oxidation sites excluding steroid dienone is 1. The van der Waals surface area contributed by atoms with Gasteiger partial charge in [-0.15, -0.1) is 0 Å². The molecule has 0 amide bonds. The lowest BCUT2D eigenvalue weighted by atomic mass is 9.68. The number of hydrogen-bond donors (Lipinski definition) is 4. The molecular weight excluding hydrogens is 921 g/mol. The number of carbonyl (C=O) groups is 2. The van der Waals surface area contributed by atoms with E-state index in [1.807, 2.05) is 107 Å². The predicted molar refractivity (Wildman–Crippen MR) is 272 cm³/mol. The number of aliphatic hydroxyl groups is 4. The Balaban J connectivity index is 0.949. The average molecular weight is 993 g/mol. The van der Waals surface area contributed by atoms with Gasteiger partial charge < -0.3 is 53.3 Å². The number of ether oxygens (including phenoxy) is 6. The number of methoxy groups -OCH3 is 1. The van der Waals surface area contributed by atoms with Gasteiger partial charge in [-0.25, -0.2) is 0 Å². The van der Waals surface area contributed by atoms with Gasteiger partial charge in [-0.2, -0.15) is 0 Å². The van der Waals surface area contributed by atoms with Gasteiger partial charge in [-0.05, 0) is 99.1 Å². The first-order valence-corrected chi connectivity index (χ1v) is 25.5. The van der Waals surface area contributed by atoms with E-state index < -0.39 is 72.0 Å². The molecule has 5 unspecified atom stereocenters. The highest BCUT2D eigenvalue weighted by Gasteiger charge is 2.56. The number of aliphatic hydroxyl groups excluding tert-OH is 4. The molecule has 0 bridgehead atoms. The molecule has 1 aromatic heterocycles. The molecule has 2 heterocycles. The van der Waals surface area contributed by atoms with Gasteiger partial charge in [-0.3, -0.25) is 14.4 Å². The monoisotopic (exact) mass is 992 g/mol. The Morgan fingerprint density at radius 1 is 0.944 bits per heavy atom. The fourth-order valence-corrected chi connectivity index (χ4v) is 11.6. The van der Waals surface area contributed by atoms with Gasteiger partial charge in [0.2, 0.25) is 0 Å². The van der Waals surface area contributed by atoms with Gasteiger partial charge in [0.15, 0.2) is 17.8 Å². The molecule has 4 aromatic rings. The summed E-state index contributed by atoms with van der Waals surface area (Å²) in [6.45, 7) is 12.4. The van der Waals surface area contributed by atoms with Crippen LogP contribution in [0.15, 0.2) is 111 Å². The first kappa shape index (κ1) is 53.3. The molecule has 72 heavy (non-hydrogen) atoms. The number of rotatable bonds is 17. The van der Waals surface area contributed by atoms with Crippen molar-refractivity contribution in [3.63, 3.8) is 0 Å². The molecule has 3 aromatic carbocycles. The van der Waals surface area contributed by atoms with Crippen LogP contribution in [0.4, 0.5) is 0 Å². The van der Waals surface area contributed by atoms with Crippen molar-refractivity contribution in [1.29, 1.82) is 0 Å². The Morgan fingerprint density at radius 3 is 2.42 bits per heavy atom. The van der Waals surface area contributed by atoms with E-state index in [1.165, 1.54) is 13.8 Å². The fraction of sp³-hybridized carbons (Fsp3) is 0.534. The molecule has 1 saturated heterocycles. The van der Waals surface area contributed by atoms with E-state index in [0.29, 0.717) is 28.9 Å². The fourth-order valence-electron chi connectivity index (χ4n) is 11.6. The van der Waals surface area contributed by atoms with Crippen molar-refractivity contribution in [1.82, 2.24) is 0 Å². The summed E-state index contributed by atoms with van der Waals surface area (Å²) in [6.07, 6.45) is -0.166. The largest absolute Gasteiger partial charge is 0.465 e. The molecule has 14 heteroatoms. The SMILES string of the molecule is COC[C@H]1CC[C@@H]2/C1=C\[C@]1(C)C(=C([C@H](C)COC(C)=O)C[C@@H]1O)[C@@H](OC1OC(COC(C)(C)/C=C/CCCc3ccc(-c4cc(=O)c5c(ccc6ccccc65)o4)cc3)C(O)C(OC(C)=O)C1O)[C@H](O)[C@@H]2C. The molecular formula is C58H72O14. The van der Waals surface area contributed by atoms with Crippen molar-refractivity contribution in [3.05, 3.63) is 117 Å². The Kier molecular flexibility index (Phi) is 16.4. The van der Waals surface area contributed by atoms with E-state index in [9.17, 15) is 34.8 Å². The summed E-state index contributed by atoms with van der Waals surface area (Å²) in [4.78, 5) is 37.6. The summed E-state index contributed by atoms with van der Waals surface area (Å²) in [6, 6.07) is 21.2. The number of unbranched alkanes of at least 4 members (excludes halogenated alkanes) is 1. The van der Waals surface area contributed by atoms with E-state index in [2.05, 4.69) is 6.08 Å². The van der Waals surface area contributed by atoms with Crippen LogP contribution in [-0.2, 0) is 44.4 Å². The van der Waals surface area contributed by atoms with E-state index in [4.69, 9.17) is 32.8 Å². The predicted octanol–water partition coefficient (Wildman–Crippen LogP) is 7.93. The van der Waals surface area contributed by atoms with Crippen LogP contribution in [0.2, 0.25) is 0 Å². The van der Waals surface area contributed by atoms with Gasteiger partial charge in [0, 0.05) is 49.8 Å². The highest BCUT2D eigenvalue weighted by Crippen LogP contribution is 2.56. The second-order valence-electron chi connectivity index (χ2n) is 21.2. The third kappa shape index (κ3) is 11.2. The summed E-state index contributed by atoms with van der Waals surface area (Å²) in [7, 11) is 1.67. The first-order valence-electron chi connectivity index (χ1n) is 25.5. The van der Waals surface area contributed by atoms with Gasteiger partial charge in [0.1, 0.15) is 35.8 Å². The quantitative estimate of drug-likeness (QED) is 0.0344. The molecule has 0 spiro atoms. The van der Waals surface area contributed by atoms with Crippen molar-refractivity contribution in [3.8, 4) is 11.3 Å². The third-order valence-corrected chi connectivity index (χ3v) is 15.5. The molecule has 4 N–H and O–H groups in total. The van der Waals surface area contributed by atoms with E-state index >= 15 is 0 Å². The molecule has 4 aliphatic rings. The van der Waals surface area contributed by atoms with Crippen LogP contribution >= 0.6 is 0 Å².